The van der Waals surface area contributed by atoms with Gasteiger partial charge in [-0.25, -0.2) is 0 Å². The van der Waals surface area contributed by atoms with E-state index in [9.17, 15) is 0 Å². The van der Waals surface area contributed by atoms with Crippen molar-refractivity contribution in [1.82, 2.24) is 14.0 Å². The third-order valence-electron chi connectivity index (χ3n) is 9.97. The minimum absolute atomic E-state index is 0.704. The number of pyridine rings is 4. The van der Waals surface area contributed by atoms with Crippen LogP contribution in [0.5, 0.6) is 11.5 Å². The zero-order chi connectivity index (χ0) is 26.9. The van der Waals surface area contributed by atoms with E-state index in [1.165, 1.54) is 60.3 Å². The normalized spacial score (nSPS) is 17.3. The first kappa shape index (κ1) is 20.2. The van der Waals surface area contributed by atoms with Crippen LogP contribution in [-0.2, 0) is 5.66 Å². The van der Waals surface area contributed by atoms with Gasteiger partial charge in [0.15, 0.2) is 11.0 Å². The topological polar surface area (TPSA) is 39.2 Å². The largest absolute Gasteiger partial charge is 0.456 e. The lowest BCUT2D eigenvalue weighted by atomic mass is 9.81. The molecule has 0 amide bonds. The van der Waals surface area contributed by atoms with Gasteiger partial charge in [-0.15, -0.1) is 0 Å². The lowest BCUT2D eigenvalue weighted by Crippen LogP contribution is -2.78. The summed E-state index contributed by atoms with van der Waals surface area (Å²) >= 11 is 0. The minimum atomic E-state index is -0.704. The van der Waals surface area contributed by atoms with Crippen molar-refractivity contribution in [3.05, 3.63) is 127 Å². The Morgan fingerprint density at radius 2 is 1.45 bits per heavy atom. The molecule has 6 nitrogen and oxygen atoms in total. The summed E-state index contributed by atoms with van der Waals surface area (Å²) in [5, 5.41) is 7.24. The molecule has 12 rings (SSSR count). The van der Waals surface area contributed by atoms with E-state index in [0.29, 0.717) is 0 Å². The maximum absolute atomic E-state index is 6.93. The number of hydrogen-bond donors (Lipinski definition) is 0. The van der Waals surface area contributed by atoms with Crippen LogP contribution in [0.2, 0.25) is 0 Å². The van der Waals surface area contributed by atoms with Crippen LogP contribution in [0.1, 0.15) is 11.1 Å². The summed E-state index contributed by atoms with van der Waals surface area (Å²) in [5.41, 5.74) is 7.56. The fraction of sp³-hybridized carbons (Fsp3) is 0.0278. The molecule has 9 heterocycles. The molecular formula is C36H19N5O+2. The molecule has 3 aliphatic rings. The first-order valence-electron chi connectivity index (χ1n) is 14.3. The van der Waals surface area contributed by atoms with Gasteiger partial charge >= 0.3 is 5.66 Å². The Bertz CT molecular complexity index is 2790. The molecule has 1 atom stereocenters. The number of benzene rings is 3. The third kappa shape index (κ3) is 1.85. The zero-order valence-electron chi connectivity index (χ0n) is 22.1. The van der Waals surface area contributed by atoms with Gasteiger partial charge in [-0.2, -0.15) is 18.1 Å². The Hall–Kier alpha value is -5.75. The first-order valence-corrected chi connectivity index (χ1v) is 14.3. The zero-order valence-corrected chi connectivity index (χ0v) is 22.1. The Labute approximate surface area is 237 Å². The average Bonchev–Trinajstić information content (AvgIpc) is 3.61. The Kier molecular flexibility index (Phi) is 3.01. The van der Waals surface area contributed by atoms with E-state index in [4.69, 9.17) is 4.74 Å². The van der Waals surface area contributed by atoms with Gasteiger partial charge in [0.05, 0.1) is 17.8 Å². The van der Waals surface area contributed by atoms with Crippen molar-refractivity contribution >= 4 is 60.0 Å². The summed E-state index contributed by atoms with van der Waals surface area (Å²) in [6, 6.07) is 33.0. The molecule has 1 spiro atoms. The van der Waals surface area contributed by atoms with E-state index in [1.54, 1.807) is 0 Å². The van der Waals surface area contributed by atoms with Crippen LogP contribution in [0.4, 0.5) is 0 Å². The molecule has 0 aliphatic carbocycles. The predicted molar refractivity (Wildman–Crippen MR) is 161 cm³/mol. The highest BCUT2D eigenvalue weighted by atomic mass is 16.5. The van der Waals surface area contributed by atoms with Gasteiger partial charge in [0.2, 0.25) is 0 Å². The summed E-state index contributed by atoms with van der Waals surface area (Å²) in [6.07, 6.45) is 8.41. The molecule has 9 aromatic rings. The fourth-order valence-corrected chi connectivity index (χ4v) is 8.59. The van der Waals surface area contributed by atoms with Crippen molar-refractivity contribution in [3.63, 3.8) is 0 Å². The highest BCUT2D eigenvalue weighted by molar-refractivity contribution is 6.17. The molecule has 3 aliphatic heterocycles. The van der Waals surface area contributed by atoms with Gasteiger partial charge in [-0.3, -0.25) is 4.98 Å². The second-order valence-corrected chi connectivity index (χ2v) is 11.7. The number of rotatable bonds is 0. The summed E-state index contributed by atoms with van der Waals surface area (Å²) in [7, 11) is 0. The lowest BCUT2D eigenvalue weighted by Gasteiger charge is -2.40. The van der Waals surface area contributed by atoms with Crippen LogP contribution in [-0.4, -0.2) is 14.0 Å². The van der Waals surface area contributed by atoms with Crippen LogP contribution >= 0.6 is 0 Å². The van der Waals surface area contributed by atoms with Gasteiger partial charge in [0.25, 0.3) is 11.5 Å². The molecule has 0 saturated carbocycles. The van der Waals surface area contributed by atoms with Gasteiger partial charge in [-0.05, 0) is 60.7 Å². The highest BCUT2D eigenvalue weighted by Crippen LogP contribution is 2.55. The summed E-state index contributed by atoms with van der Waals surface area (Å²) < 4.78 is 16.8. The van der Waals surface area contributed by atoms with Crippen LogP contribution < -0.4 is 13.9 Å². The molecule has 6 aromatic heterocycles. The van der Waals surface area contributed by atoms with E-state index >= 15 is 0 Å². The van der Waals surface area contributed by atoms with Crippen molar-refractivity contribution in [3.8, 4) is 17.3 Å². The molecule has 42 heavy (non-hydrogen) atoms. The van der Waals surface area contributed by atoms with Crippen LogP contribution in [0.3, 0.4) is 0 Å². The molecular weight excluding hydrogens is 518 g/mol. The average molecular weight is 538 g/mol. The molecule has 3 aromatic carbocycles. The second-order valence-electron chi connectivity index (χ2n) is 11.7. The second kappa shape index (κ2) is 6.26. The van der Waals surface area contributed by atoms with E-state index in [0.717, 1.165) is 28.2 Å². The van der Waals surface area contributed by atoms with Crippen LogP contribution in [0, 0.1) is 0 Å². The smallest absolute Gasteiger partial charge is 0.321 e. The molecule has 192 valence electrons. The van der Waals surface area contributed by atoms with Crippen LogP contribution in [0.15, 0.2) is 116 Å². The molecule has 0 N–H and O–H groups in total. The molecule has 0 bridgehead atoms. The number of para-hydroxylation sites is 1. The Morgan fingerprint density at radius 1 is 0.643 bits per heavy atom. The van der Waals surface area contributed by atoms with Gasteiger partial charge in [-0.1, -0.05) is 18.2 Å². The van der Waals surface area contributed by atoms with E-state index in [1.807, 2.05) is 12.4 Å². The monoisotopic (exact) mass is 537 g/mol. The SMILES string of the molecule is c1cc[n+]2c(c1)-n1c3ccccc3c3ccc4c(c31)C21c2c(ccc3c5ccncc5c5cc6ccc[n+]1c6n5c23)O4. The summed E-state index contributed by atoms with van der Waals surface area (Å²) in [5.74, 6) is 2.91. The lowest BCUT2D eigenvalue weighted by molar-refractivity contribution is -0.960. The summed E-state index contributed by atoms with van der Waals surface area (Å²) in [6.45, 7) is 0. The molecule has 0 radical (unpaired) electrons. The number of fused-ring (bicyclic) bond motifs is 8. The first-order chi connectivity index (χ1) is 20.9. The minimum Gasteiger partial charge on any atom is -0.456 e. The quantitative estimate of drug-likeness (QED) is 0.164. The van der Waals surface area contributed by atoms with Crippen molar-refractivity contribution in [2.75, 3.05) is 0 Å². The highest BCUT2D eigenvalue weighted by Gasteiger charge is 2.63. The molecule has 6 heteroatoms. The number of nitrogens with zero attached hydrogens (tertiary/aromatic N) is 5. The van der Waals surface area contributed by atoms with Crippen molar-refractivity contribution in [2.45, 2.75) is 5.66 Å². The molecule has 0 fully saturated rings. The third-order valence-corrected chi connectivity index (χ3v) is 9.97. The summed E-state index contributed by atoms with van der Waals surface area (Å²) in [4.78, 5) is 4.54. The van der Waals surface area contributed by atoms with Crippen LogP contribution in [0.25, 0.3) is 65.8 Å². The Balaban J connectivity index is 1.46. The van der Waals surface area contributed by atoms with Gasteiger partial charge in [0.1, 0.15) is 33.7 Å². The van der Waals surface area contributed by atoms with E-state index < -0.39 is 5.66 Å². The van der Waals surface area contributed by atoms with Crippen molar-refractivity contribution in [1.29, 1.82) is 0 Å². The molecule has 0 saturated heterocycles. The number of hydrogen-bond acceptors (Lipinski definition) is 2. The van der Waals surface area contributed by atoms with Crippen molar-refractivity contribution < 1.29 is 13.9 Å². The van der Waals surface area contributed by atoms with Gasteiger partial charge < -0.3 is 4.74 Å². The standard InChI is InChI=1S/C36H19N5O/c1-2-8-26-22(7-1)24-11-13-28-31-33(24)40(26)30-9-3-4-16-38(30)36(31)32-29(42-28)12-10-23-21-14-15-37-19-25(21)27-18-20-6-5-17-39(36)35(20)41(27)34(23)32/h1-19H/q+2. The maximum Gasteiger partial charge on any atom is 0.321 e. The van der Waals surface area contributed by atoms with Gasteiger partial charge in [0, 0.05) is 51.5 Å². The predicted octanol–water partition coefficient (Wildman–Crippen LogP) is 6.50. The van der Waals surface area contributed by atoms with E-state index in [-0.39, 0.29) is 0 Å². The fourth-order valence-electron chi connectivity index (χ4n) is 8.59. The van der Waals surface area contributed by atoms with E-state index in [2.05, 4.69) is 126 Å². The number of ether oxygens (including phenoxy) is 1. The maximum atomic E-state index is 6.93. The molecule has 1 unspecified atom stereocenters. The Morgan fingerprint density at radius 3 is 2.38 bits per heavy atom. The number of aromatic nitrogens is 5. The van der Waals surface area contributed by atoms with Crippen molar-refractivity contribution in [2.24, 2.45) is 0 Å².